The molecule has 9 nitrogen and oxygen atoms in total. The number of sulfonamides is 1. The van der Waals surface area contributed by atoms with E-state index in [9.17, 15) is 22.8 Å². The van der Waals surface area contributed by atoms with Gasteiger partial charge in [0.1, 0.15) is 6.04 Å². The molecular formula is C17H24N2O7S. The Bertz CT molecular complexity index is 817. The molecule has 3 N–H and O–H groups in total. The fraction of sp³-hybridized carbons (Fsp3) is 0.471. The normalized spacial score (nSPS) is 12.6. The fourth-order valence-corrected chi connectivity index (χ4v) is 3.96. The summed E-state index contributed by atoms with van der Waals surface area (Å²) in [7, 11) is -3.78. The van der Waals surface area contributed by atoms with Crippen molar-refractivity contribution in [3.05, 3.63) is 29.3 Å². The standard InChI is InChI=1S/C17H24N2O7S/c1-4-19(5-2)27(25,26)12-7-6-11(3)13(10-12)16(22)18-14(17(23)24)8-9-15(20)21/h6-7,10,14H,4-5,8-9H2,1-3H3,(H,18,22)(H,20,21)(H,23,24)/t14-/m1/s1. The van der Waals surface area contributed by atoms with Crippen LogP contribution in [0, 0.1) is 6.92 Å². The number of amides is 1. The number of rotatable bonds is 10. The van der Waals surface area contributed by atoms with Gasteiger partial charge >= 0.3 is 11.9 Å². The fourth-order valence-electron chi connectivity index (χ4n) is 2.48. The number of aliphatic carboxylic acids is 2. The van der Waals surface area contributed by atoms with Gasteiger partial charge in [-0.25, -0.2) is 13.2 Å². The predicted molar refractivity (Wildman–Crippen MR) is 97.0 cm³/mol. The first-order valence-electron chi connectivity index (χ1n) is 8.40. The smallest absolute Gasteiger partial charge is 0.326 e. The second-order valence-electron chi connectivity index (χ2n) is 5.86. The lowest BCUT2D eigenvalue weighted by molar-refractivity contribution is -0.140. The highest BCUT2D eigenvalue weighted by Crippen LogP contribution is 2.20. The van der Waals surface area contributed by atoms with Crippen LogP contribution in [0.1, 0.15) is 42.6 Å². The quantitative estimate of drug-likeness (QED) is 0.533. The van der Waals surface area contributed by atoms with Crippen molar-refractivity contribution in [2.45, 2.75) is 44.6 Å². The van der Waals surface area contributed by atoms with Crippen molar-refractivity contribution in [2.24, 2.45) is 0 Å². The summed E-state index contributed by atoms with van der Waals surface area (Å²) >= 11 is 0. The lowest BCUT2D eigenvalue weighted by Gasteiger charge is -2.20. The number of nitrogens with zero attached hydrogens (tertiary/aromatic N) is 1. The Labute approximate surface area is 158 Å². The van der Waals surface area contributed by atoms with Gasteiger partial charge in [-0.3, -0.25) is 9.59 Å². The second kappa shape index (κ2) is 9.47. The summed E-state index contributed by atoms with van der Waals surface area (Å²) in [5.41, 5.74) is 0.484. The molecule has 1 amide bonds. The van der Waals surface area contributed by atoms with Crippen LogP contribution in [0.3, 0.4) is 0 Å². The van der Waals surface area contributed by atoms with Gasteiger partial charge in [-0.2, -0.15) is 4.31 Å². The van der Waals surface area contributed by atoms with Crippen LogP contribution in [0.5, 0.6) is 0 Å². The van der Waals surface area contributed by atoms with E-state index < -0.39 is 40.3 Å². The van der Waals surface area contributed by atoms with Crippen LogP contribution in [0.2, 0.25) is 0 Å². The number of hydrogen-bond acceptors (Lipinski definition) is 5. The van der Waals surface area contributed by atoms with Crippen molar-refractivity contribution in [3.63, 3.8) is 0 Å². The summed E-state index contributed by atoms with van der Waals surface area (Å²) in [4.78, 5) is 34.3. The Morgan fingerprint density at radius 2 is 1.74 bits per heavy atom. The maximum atomic E-state index is 12.6. The summed E-state index contributed by atoms with van der Waals surface area (Å²) in [6.45, 7) is 5.52. The van der Waals surface area contributed by atoms with Gasteiger partial charge in [0.15, 0.2) is 0 Å². The third kappa shape index (κ3) is 5.76. The number of carbonyl (C=O) groups excluding carboxylic acids is 1. The van der Waals surface area contributed by atoms with Crippen LogP contribution in [0.25, 0.3) is 0 Å². The summed E-state index contributed by atoms with van der Waals surface area (Å²) in [5, 5.41) is 20.1. The van der Waals surface area contributed by atoms with Gasteiger partial charge < -0.3 is 15.5 Å². The zero-order chi connectivity index (χ0) is 20.8. The monoisotopic (exact) mass is 400 g/mol. The number of nitrogens with one attached hydrogen (secondary N) is 1. The zero-order valence-electron chi connectivity index (χ0n) is 15.4. The lowest BCUT2D eigenvalue weighted by atomic mass is 10.1. The Morgan fingerprint density at radius 3 is 2.22 bits per heavy atom. The highest BCUT2D eigenvalue weighted by Gasteiger charge is 2.26. The molecule has 0 fully saturated rings. The first kappa shape index (κ1) is 22.6. The molecule has 0 saturated heterocycles. The Hall–Kier alpha value is -2.46. The van der Waals surface area contributed by atoms with E-state index in [1.54, 1.807) is 20.8 Å². The van der Waals surface area contributed by atoms with Crippen molar-refractivity contribution >= 4 is 27.9 Å². The number of hydrogen-bond donors (Lipinski definition) is 3. The maximum absolute atomic E-state index is 12.6. The predicted octanol–water partition coefficient (Wildman–Crippen LogP) is 1.07. The van der Waals surface area contributed by atoms with Crippen LogP contribution in [0.15, 0.2) is 23.1 Å². The van der Waals surface area contributed by atoms with Crippen LogP contribution in [0.4, 0.5) is 0 Å². The molecule has 0 unspecified atom stereocenters. The summed E-state index contributed by atoms with van der Waals surface area (Å²) in [6.07, 6.45) is -0.709. The van der Waals surface area contributed by atoms with Gasteiger partial charge in [-0.15, -0.1) is 0 Å². The summed E-state index contributed by atoms with van der Waals surface area (Å²) < 4.78 is 26.5. The number of aryl methyl sites for hydroxylation is 1. The SMILES string of the molecule is CCN(CC)S(=O)(=O)c1ccc(C)c(C(=O)N[C@H](CCC(=O)O)C(=O)O)c1. The third-order valence-corrected chi connectivity index (χ3v) is 6.09. The first-order valence-corrected chi connectivity index (χ1v) is 9.84. The molecule has 0 aliphatic carbocycles. The van der Waals surface area contributed by atoms with E-state index in [-0.39, 0.29) is 30.0 Å². The molecule has 0 aliphatic heterocycles. The van der Waals surface area contributed by atoms with Crippen LogP contribution in [-0.2, 0) is 19.6 Å². The highest BCUT2D eigenvalue weighted by atomic mass is 32.2. The maximum Gasteiger partial charge on any atom is 0.326 e. The van der Waals surface area contributed by atoms with E-state index in [0.717, 1.165) is 0 Å². The van der Waals surface area contributed by atoms with Crippen LogP contribution in [-0.4, -0.2) is 59.9 Å². The molecule has 1 aromatic carbocycles. The number of carboxylic acid groups (broad SMARTS) is 2. The van der Waals surface area contributed by atoms with Gasteiger partial charge in [0.05, 0.1) is 4.90 Å². The van der Waals surface area contributed by atoms with Gasteiger partial charge in [0.2, 0.25) is 10.0 Å². The molecule has 1 aromatic rings. The van der Waals surface area contributed by atoms with Gasteiger partial charge in [0, 0.05) is 25.1 Å². The molecule has 27 heavy (non-hydrogen) atoms. The van der Waals surface area contributed by atoms with E-state index in [1.807, 2.05) is 0 Å². The average Bonchev–Trinajstić information content (AvgIpc) is 2.58. The van der Waals surface area contributed by atoms with E-state index >= 15 is 0 Å². The molecule has 0 radical (unpaired) electrons. The van der Waals surface area contributed by atoms with Crippen molar-refractivity contribution in [3.8, 4) is 0 Å². The minimum Gasteiger partial charge on any atom is -0.481 e. The van der Waals surface area contributed by atoms with E-state index in [1.165, 1.54) is 22.5 Å². The summed E-state index contributed by atoms with van der Waals surface area (Å²) in [5.74, 6) is -3.32. The second-order valence-corrected chi connectivity index (χ2v) is 7.80. The number of carboxylic acids is 2. The number of benzene rings is 1. The van der Waals surface area contributed by atoms with Crippen LogP contribution >= 0.6 is 0 Å². The van der Waals surface area contributed by atoms with E-state index in [0.29, 0.717) is 5.56 Å². The third-order valence-electron chi connectivity index (χ3n) is 4.05. The Balaban J connectivity index is 3.17. The molecule has 0 aliphatic rings. The van der Waals surface area contributed by atoms with Crippen molar-refractivity contribution in [2.75, 3.05) is 13.1 Å². The summed E-state index contributed by atoms with van der Waals surface area (Å²) in [6, 6.07) is 2.67. The highest BCUT2D eigenvalue weighted by molar-refractivity contribution is 7.89. The lowest BCUT2D eigenvalue weighted by Crippen LogP contribution is -2.41. The van der Waals surface area contributed by atoms with E-state index in [2.05, 4.69) is 5.32 Å². The Morgan fingerprint density at radius 1 is 1.15 bits per heavy atom. The molecule has 0 bridgehead atoms. The minimum atomic E-state index is -3.78. The van der Waals surface area contributed by atoms with Gasteiger partial charge in [-0.1, -0.05) is 19.9 Å². The molecule has 0 aromatic heterocycles. The molecule has 150 valence electrons. The molecule has 10 heteroatoms. The zero-order valence-corrected chi connectivity index (χ0v) is 16.2. The molecule has 0 heterocycles. The molecule has 1 rings (SSSR count). The topological polar surface area (TPSA) is 141 Å². The first-order chi connectivity index (χ1) is 12.5. The van der Waals surface area contributed by atoms with Crippen molar-refractivity contribution < 1.29 is 33.0 Å². The number of carbonyl (C=O) groups is 3. The van der Waals surface area contributed by atoms with Gasteiger partial charge in [0.25, 0.3) is 5.91 Å². The Kier molecular flexibility index (Phi) is 7.92. The average molecular weight is 400 g/mol. The van der Waals surface area contributed by atoms with Crippen molar-refractivity contribution in [1.82, 2.24) is 9.62 Å². The largest absolute Gasteiger partial charge is 0.481 e. The molecule has 0 saturated carbocycles. The van der Waals surface area contributed by atoms with Crippen LogP contribution < -0.4 is 5.32 Å². The van der Waals surface area contributed by atoms with Gasteiger partial charge in [-0.05, 0) is 31.0 Å². The van der Waals surface area contributed by atoms with E-state index in [4.69, 9.17) is 10.2 Å². The van der Waals surface area contributed by atoms with Crippen molar-refractivity contribution in [1.29, 1.82) is 0 Å². The molecule has 0 spiro atoms. The molecular weight excluding hydrogens is 376 g/mol. The molecule has 1 atom stereocenters. The minimum absolute atomic E-state index is 0.0183.